The number of hydrogen-bond donors (Lipinski definition) is 0. The van der Waals surface area contributed by atoms with E-state index >= 15 is 0 Å². The van der Waals surface area contributed by atoms with Gasteiger partial charge in [0.25, 0.3) is 0 Å². The van der Waals surface area contributed by atoms with E-state index in [1.165, 1.54) is 60.4 Å². The van der Waals surface area contributed by atoms with Gasteiger partial charge in [-0.1, -0.05) is 32.9 Å². The largest absolute Gasteiger partial charge is 0.497 e. The Hall–Kier alpha value is -2.09. The first-order valence-electron chi connectivity index (χ1n) is 11.8. The molecule has 4 aliphatic carbocycles. The van der Waals surface area contributed by atoms with E-state index in [2.05, 4.69) is 57.2 Å². The molecule has 2 aromatic carbocycles. The zero-order valence-electron chi connectivity index (χ0n) is 18.8. The van der Waals surface area contributed by atoms with Crippen LogP contribution in [0.3, 0.4) is 0 Å². The van der Waals surface area contributed by atoms with Crippen LogP contribution < -0.4 is 4.74 Å². The normalized spacial score (nSPS) is 30.3. The van der Waals surface area contributed by atoms with Crippen molar-refractivity contribution in [2.75, 3.05) is 7.11 Å². The predicted octanol–water partition coefficient (Wildman–Crippen LogP) is 7.16. The summed E-state index contributed by atoms with van der Waals surface area (Å²) in [6.45, 7) is 6.81. The maximum atomic E-state index is 5.51. The van der Waals surface area contributed by atoms with Crippen molar-refractivity contribution in [1.82, 2.24) is 4.98 Å². The molecule has 4 aliphatic rings. The standard InChI is InChI=1S/C28H33NO/c1-27(2,3)26-23-7-5-20(28-14-17-9-18(15-28)11-19(10-17)16-28)12-24(23)22-8-6-21(30-4)13-25(22)29-26/h5-8,12-13,17-19H,9-11,14-16H2,1-4H3. The molecule has 156 valence electrons. The molecule has 4 bridgehead atoms. The fourth-order valence-corrected chi connectivity index (χ4v) is 7.48. The van der Waals surface area contributed by atoms with Crippen LogP contribution in [-0.4, -0.2) is 12.1 Å². The Kier molecular flexibility index (Phi) is 3.87. The van der Waals surface area contributed by atoms with E-state index in [1.807, 2.05) is 0 Å². The maximum absolute atomic E-state index is 5.51. The van der Waals surface area contributed by atoms with Crippen LogP contribution in [0.1, 0.15) is 70.6 Å². The fourth-order valence-electron chi connectivity index (χ4n) is 7.48. The Labute approximate surface area is 180 Å². The van der Waals surface area contributed by atoms with Gasteiger partial charge in [-0.15, -0.1) is 0 Å². The van der Waals surface area contributed by atoms with Crippen molar-refractivity contribution in [2.45, 2.75) is 70.1 Å². The van der Waals surface area contributed by atoms with Crippen LogP contribution >= 0.6 is 0 Å². The van der Waals surface area contributed by atoms with Gasteiger partial charge in [0.1, 0.15) is 5.75 Å². The van der Waals surface area contributed by atoms with Gasteiger partial charge < -0.3 is 4.74 Å². The molecule has 0 amide bonds. The smallest absolute Gasteiger partial charge is 0.121 e. The summed E-state index contributed by atoms with van der Waals surface area (Å²) in [6.07, 6.45) is 8.71. The molecule has 2 nitrogen and oxygen atoms in total. The van der Waals surface area contributed by atoms with Gasteiger partial charge in [-0.25, -0.2) is 0 Å². The van der Waals surface area contributed by atoms with E-state index < -0.39 is 0 Å². The van der Waals surface area contributed by atoms with Gasteiger partial charge in [-0.3, -0.25) is 4.98 Å². The molecule has 2 heteroatoms. The second-order valence-electron chi connectivity index (χ2n) is 11.6. The number of fused-ring (bicyclic) bond motifs is 3. The summed E-state index contributed by atoms with van der Waals surface area (Å²) in [5.41, 5.74) is 4.26. The Morgan fingerprint density at radius 1 is 0.833 bits per heavy atom. The highest BCUT2D eigenvalue weighted by molar-refractivity contribution is 6.07. The molecule has 0 aliphatic heterocycles. The Bertz CT molecular complexity index is 1120. The Morgan fingerprint density at radius 2 is 1.47 bits per heavy atom. The number of benzene rings is 2. The number of aromatic nitrogens is 1. The maximum Gasteiger partial charge on any atom is 0.121 e. The lowest BCUT2D eigenvalue weighted by atomic mass is 9.48. The molecule has 7 rings (SSSR count). The summed E-state index contributed by atoms with van der Waals surface area (Å²) in [5, 5.41) is 3.94. The average molecular weight is 400 g/mol. The van der Waals surface area contributed by atoms with E-state index in [0.717, 1.165) is 29.0 Å². The minimum absolute atomic E-state index is 0.00226. The predicted molar refractivity (Wildman–Crippen MR) is 124 cm³/mol. The highest BCUT2D eigenvalue weighted by atomic mass is 16.5. The van der Waals surface area contributed by atoms with Crippen molar-refractivity contribution < 1.29 is 4.74 Å². The van der Waals surface area contributed by atoms with Gasteiger partial charge in [-0.2, -0.15) is 0 Å². The van der Waals surface area contributed by atoms with Crippen molar-refractivity contribution in [3.8, 4) is 5.75 Å². The number of ether oxygens (including phenoxy) is 1. The summed E-state index contributed by atoms with van der Waals surface area (Å²) in [5.74, 6) is 3.79. The molecule has 0 spiro atoms. The molecular formula is C28H33NO. The second kappa shape index (κ2) is 6.22. The molecule has 0 saturated heterocycles. The van der Waals surface area contributed by atoms with Gasteiger partial charge in [0, 0.05) is 22.3 Å². The number of nitrogens with zero attached hydrogens (tertiary/aromatic N) is 1. The van der Waals surface area contributed by atoms with Crippen molar-refractivity contribution in [3.63, 3.8) is 0 Å². The number of hydrogen-bond acceptors (Lipinski definition) is 2. The van der Waals surface area contributed by atoms with Gasteiger partial charge >= 0.3 is 0 Å². The molecule has 3 aromatic rings. The third-order valence-corrected chi connectivity index (χ3v) is 8.36. The number of rotatable bonds is 2. The SMILES string of the molecule is COc1ccc2c(c1)nc(C(C)(C)C)c1ccc(C34CC5CC(CC(C5)C3)C4)cc12. The van der Waals surface area contributed by atoms with Crippen LogP contribution in [0.4, 0.5) is 0 Å². The van der Waals surface area contributed by atoms with Gasteiger partial charge in [-0.05, 0) is 90.8 Å². The molecule has 0 unspecified atom stereocenters. The number of methoxy groups -OCH3 is 1. The average Bonchev–Trinajstić information content (AvgIpc) is 2.70. The molecule has 1 aromatic heterocycles. The lowest BCUT2D eigenvalue weighted by molar-refractivity contribution is -0.00512. The van der Waals surface area contributed by atoms with Crippen LogP contribution in [0.15, 0.2) is 36.4 Å². The summed E-state index contributed by atoms with van der Waals surface area (Å²) in [6, 6.07) is 13.8. The van der Waals surface area contributed by atoms with Crippen LogP contribution in [0.2, 0.25) is 0 Å². The Morgan fingerprint density at radius 3 is 2.07 bits per heavy atom. The topological polar surface area (TPSA) is 22.1 Å². The highest BCUT2D eigenvalue weighted by Crippen LogP contribution is 2.61. The van der Waals surface area contributed by atoms with Crippen LogP contribution in [0.5, 0.6) is 5.75 Å². The quantitative estimate of drug-likeness (QED) is 0.426. The lowest BCUT2D eigenvalue weighted by Gasteiger charge is -2.57. The van der Waals surface area contributed by atoms with E-state index in [4.69, 9.17) is 9.72 Å². The van der Waals surface area contributed by atoms with Crippen molar-refractivity contribution >= 4 is 21.7 Å². The zero-order chi connectivity index (χ0) is 20.7. The first kappa shape index (κ1) is 18.7. The van der Waals surface area contributed by atoms with Crippen molar-refractivity contribution in [2.24, 2.45) is 17.8 Å². The second-order valence-corrected chi connectivity index (χ2v) is 11.6. The summed E-state index contributed by atoms with van der Waals surface area (Å²) >= 11 is 0. The summed E-state index contributed by atoms with van der Waals surface area (Å²) < 4.78 is 5.51. The van der Waals surface area contributed by atoms with Gasteiger partial charge in [0.05, 0.1) is 18.3 Å². The van der Waals surface area contributed by atoms with Crippen molar-refractivity contribution in [1.29, 1.82) is 0 Å². The fraction of sp³-hybridized carbons (Fsp3) is 0.536. The van der Waals surface area contributed by atoms with Crippen LogP contribution in [0.25, 0.3) is 21.7 Å². The molecule has 30 heavy (non-hydrogen) atoms. The van der Waals surface area contributed by atoms with Crippen LogP contribution in [-0.2, 0) is 10.8 Å². The summed E-state index contributed by atoms with van der Waals surface area (Å²) in [4.78, 5) is 5.13. The third kappa shape index (κ3) is 2.72. The highest BCUT2D eigenvalue weighted by Gasteiger charge is 2.51. The molecule has 0 atom stereocenters. The monoisotopic (exact) mass is 399 g/mol. The molecular weight excluding hydrogens is 366 g/mol. The Balaban J connectivity index is 1.59. The van der Waals surface area contributed by atoms with Gasteiger partial charge in [0.2, 0.25) is 0 Å². The van der Waals surface area contributed by atoms with Crippen LogP contribution in [0, 0.1) is 17.8 Å². The minimum Gasteiger partial charge on any atom is -0.497 e. The molecule has 1 heterocycles. The van der Waals surface area contributed by atoms with E-state index in [-0.39, 0.29) is 5.41 Å². The molecule has 0 N–H and O–H groups in total. The van der Waals surface area contributed by atoms with Gasteiger partial charge in [0.15, 0.2) is 0 Å². The van der Waals surface area contributed by atoms with E-state index in [9.17, 15) is 0 Å². The number of pyridine rings is 1. The first-order valence-corrected chi connectivity index (χ1v) is 11.8. The minimum atomic E-state index is -0.00226. The van der Waals surface area contributed by atoms with E-state index in [0.29, 0.717) is 5.41 Å². The molecule has 0 radical (unpaired) electrons. The third-order valence-electron chi connectivity index (χ3n) is 8.36. The first-order chi connectivity index (χ1) is 14.3. The molecule has 4 fully saturated rings. The summed E-state index contributed by atoms with van der Waals surface area (Å²) in [7, 11) is 1.73. The lowest BCUT2D eigenvalue weighted by Crippen LogP contribution is -2.48. The zero-order valence-corrected chi connectivity index (χ0v) is 18.8. The molecule has 4 saturated carbocycles. The van der Waals surface area contributed by atoms with Crippen molar-refractivity contribution in [3.05, 3.63) is 47.7 Å². The van der Waals surface area contributed by atoms with E-state index in [1.54, 1.807) is 12.7 Å².